The van der Waals surface area contributed by atoms with E-state index in [9.17, 15) is 9.18 Å². The predicted octanol–water partition coefficient (Wildman–Crippen LogP) is 2.41. The SMILES string of the molecule is Cc1nc(C2CC=NN2C(=O)N2CCN(c3ncc(F)c(-c4nnc(C)s4)n3)CC2)co1. The summed E-state index contributed by atoms with van der Waals surface area (Å²) < 4.78 is 19.6. The highest BCUT2D eigenvalue weighted by Gasteiger charge is 2.35. The Morgan fingerprint density at radius 1 is 1.19 bits per heavy atom. The largest absolute Gasteiger partial charge is 0.449 e. The van der Waals surface area contributed by atoms with E-state index in [-0.39, 0.29) is 17.8 Å². The van der Waals surface area contributed by atoms with Crippen LogP contribution in [0.25, 0.3) is 10.7 Å². The van der Waals surface area contributed by atoms with Gasteiger partial charge >= 0.3 is 6.03 Å². The van der Waals surface area contributed by atoms with Crippen LogP contribution in [0.4, 0.5) is 15.1 Å². The van der Waals surface area contributed by atoms with Crippen molar-refractivity contribution >= 4 is 29.5 Å². The fourth-order valence-corrected chi connectivity index (χ4v) is 4.36. The minimum atomic E-state index is -0.542. The molecule has 0 aliphatic carbocycles. The van der Waals surface area contributed by atoms with Gasteiger partial charge in [-0.15, -0.1) is 10.2 Å². The van der Waals surface area contributed by atoms with Gasteiger partial charge in [-0.05, 0) is 6.92 Å². The van der Waals surface area contributed by atoms with Crippen molar-refractivity contribution < 1.29 is 13.6 Å². The molecule has 1 saturated heterocycles. The van der Waals surface area contributed by atoms with Crippen LogP contribution in [0.3, 0.4) is 0 Å². The normalized spacial score (nSPS) is 18.6. The summed E-state index contributed by atoms with van der Waals surface area (Å²) >= 11 is 1.27. The second-order valence-corrected chi connectivity index (χ2v) is 8.62. The Morgan fingerprint density at radius 2 is 2.00 bits per heavy atom. The Balaban J connectivity index is 1.26. The highest BCUT2D eigenvalue weighted by Crippen LogP contribution is 2.29. The summed E-state index contributed by atoms with van der Waals surface area (Å²) in [7, 11) is 0. The van der Waals surface area contributed by atoms with Crippen molar-refractivity contribution in [2.45, 2.75) is 26.3 Å². The number of amides is 2. The molecule has 1 fully saturated rings. The molecule has 3 aromatic rings. The molecule has 0 spiro atoms. The van der Waals surface area contributed by atoms with Crippen LogP contribution in [-0.2, 0) is 0 Å². The van der Waals surface area contributed by atoms with Crippen molar-refractivity contribution in [1.82, 2.24) is 35.1 Å². The molecule has 0 aromatic carbocycles. The number of urea groups is 1. The van der Waals surface area contributed by atoms with Gasteiger partial charge in [-0.25, -0.2) is 29.1 Å². The number of oxazole rings is 1. The molecule has 11 nitrogen and oxygen atoms in total. The summed E-state index contributed by atoms with van der Waals surface area (Å²) in [4.78, 5) is 29.6. The van der Waals surface area contributed by atoms with E-state index in [4.69, 9.17) is 4.42 Å². The molecule has 3 aromatic heterocycles. The Labute approximate surface area is 186 Å². The van der Waals surface area contributed by atoms with Gasteiger partial charge in [0.1, 0.15) is 28.7 Å². The summed E-state index contributed by atoms with van der Waals surface area (Å²) in [5.74, 6) is 0.409. The number of nitrogens with zero attached hydrogens (tertiary/aromatic N) is 9. The lowest BCUT2D eigenvalue weighted by Crippen LogP contribution is -2.52. The van der Waals surface area contributed by atoms with E-state index >= 15 is 0 Å². The number of hydrazone groups is 1. The number of aromatic nitrogens is 5. The van der Waals surface area contributed by atoms with Crippen LogP contribution in [0, 0.1) is 19.7 Å². The summed E-state index contributed by atoms with van der Waals surface area (Å²) in [6.07, 6.45) is 5.02. The van der Waals surface area contributed by atoms with E-state index in [1.807, 2.05) is 4.90 Å². The fourth-order valence-electron chi connectivity index (χ4n) is 3.67. The molecule has 2 amide bonds. The van der Waals surface area contributed by atoms with Crippen LogP contribution in [0.15, 0.2) is 22.0 Å². The molecule has 32 heavy (non-hydrogen) atoms. The van der Waals surface area contributed by atoms with E-state index in [0.717, 1.165) is 11.2 Å². The highest BCUT2D eigenvalue weighted by atomic mass is 32.1. The predicted molar refractivity (Wildman–Crippen MR) is 114 cm³/mol. The maximum atomic E-state index is 14.3. The molecule has 5 heterocycles. The van der Waals surface area contributed by atoms with Gasteiger partial charge in [-0.3, -0.25) is 0 Å². The van der Waals surface area contributed by atoms with Crippen LogP contribution in [0.2, 0.25) is 0 Å². The molecule has 166 valence electrons. The van der Waals surface area contributed by atoms with Gasteiger partial charge in [0, 0.05) is 45.7 Å². The van der Waals surface area contributed by atoms with Gasteiger partial charge in [0.2, 0.25) is 5.95 Å². The van der Waals surface area contributed by atoms with Crippen LogP contribution in [0.5, 0.6) is 0 Å². The number of rotatable bonds is 3. The monoisotopic (exact) mass is 457 g/mol. The second kappa shape index (κ2) is 8.22. The van der Waals surface area contributed by atoms with Crippen molar-refractivity contribution in [2.24, 2.45) is 5.10 Å². The molecule has 0 radical (unpaired) electrons. The van der Waals surface area contributed by atoms with Gasteiger partial charge in [0.15, 0.2) is 16.7 Å². The first-order valence-corrected chi connectivity index (χ1v) is 10.9. The van der Waals surface area contributed by atoms with Crippen molar-refractivity contribution in [1.29, 1.82) is 0 Å². The molecule has 0 bridgehead atoms. The molecule has 5 rings (SSSR count). The zero-order valence-electron chi connectivity index (χ0n) is 17.5. The number of halogens is 1. The Kier molecular flexibility index (Phi) is 5.25. The maximum absolute atomic E-state index is 14.3. The fraction of sp³-hybridized carbons (Fsp3) is 0.421. The number of carbonyl (C=O) groups is 1. The van der Waals surface area contributed by atoms with Gasteiger partial charge in [-0.1, -0.05) is 11.3 Å². The lowest BCUT2D eigenvalue weighted by atomic mass is 10.2. The Bertz CT molecular complexity index is 1170. The second-order valence-electron chi connectivity index (χ2n) is 7.43. The topological polar surface area (TPSA) is 117 Å². The maximum Gasteiger partial charge on any atom is 0.341 e. The highest BCUT2D eigenvalue weighted by molar-refractivity contribution is 7.14. The van der Waals surface area contributed by atoms with Gasteiger partial charge in [0.05, 0.1) is 6.20 Å². The van der Waals surface area contributed by atoms with Gasteiger partial charge in [-0.2, -0.15) is 5.10 Å². The molecule has 2 aliphatic heterocycles. The molecular formula is C19H20FN9O2S. The van der Waals surface area contributed by atoms with Crippen LogP contribution >= 0.6 is 11.3 Å². The van der Waals surface area contributed by atoms with Crippen LogP contribution in [-0.4, -0.2) is 73.5 Å². The zero-order chi connectivity index (χ0) is 22.2. The zero-order valence-corrected chi connectivity index (χ0v) is 18.3. The quantitative estimate of drug-likeness (QED) is 0.589. The van der Waals surface area contributed by atoms with Gasteiger partial charge < -0.3 is 14.2 Å². The third kappa shape index (κ3) is 3.79. The summed E-state index contributed by atoms with van der Waals surface area (Å²) in [6.45, 7) is 5.51. The summed E-state index contributed by atoms with van der Waals surface area (Å²) in [5, 5.41) is 14.8. The lowest BCUT2D eigenvalue weighted by molar-refractivity contribution is 0.138. The molecule has 13 heteroatoms. The van der Waals surface area contributed by atoms with Gasteiger partial charge in [0.25, 0.3) is 0 Å². The first-order valence-electron chi connectivity index (χ1n) is 10.1. The van der Waals surface area contributed by atoms with Crippen molar-refractivity contribution in [2.75, 3.05) is 31.1 Å². The third-order valence-corrected chi connectivity index (χ3v) is 6.14. The Hall–Kier alpha value is -3.48. The van der Waals surface area contributed by atoms with E-state index in [2.05, 4.69) is 30.3 Å². The third-order valence-electron chi connectivity index (χ3n) is 5.30. The number of anilines is 1. The first-order chi connectivity index (χ1) is 15.5. The summed E-state index contributed by atoms with van der Waals surface area (Å²) in [5.41, 5.74) is 0.822. The number of aryl methyl sites for hydroxylation is 2. The minimum absolute atomic E-state index is 0.135. The number of hydrogen-bond acceptors (Lipinski definition) is 10. The first kappa shape index (κ1) is 20.4. The molecule has 0 saturated carbocycles. The molecule has 1 unspecified atom stereocenters. The average molecular weight is 457 g/mol. The van der Waals surface area contributed by atoms with E-state index in [1.165, 1.54) is 16.3 Å². The average Bonchev–Trinajstić information content (AvgIpc) is 3.54. The standard InChI is InChI=1S/C19H20FN9O2S/c1-11-23-14(10-31-11)15-3-4-22-29(15)19(30)28-7-5-27(6-8-28)18-21-9-13(20)16(24-18)17-26-25-12(2)32-17/h4,9-10,15H,3,5-8H2,1-2H3. The summed E-state index contributed by atoms with van der Waals surface area (Å²) in [6, 6.07) is -0.453. The van der Waals surface area contributed by atoms with E-state index in [1.54, 1.807) is 31.2 Å². The van der Waals surface area contributed by atoms with Crippen LogP contribution in [0.1, 0.15) is 29.1 Å². The van der Waals surface area contributed by atoms with Crippen molar-refractivity contribution in [3.05, 3.63) is 34.9 Å². The number of carbonyl (C=O) groups excluding carboxylic acids is 1. The molecular weight excluding hydrogens is 437 g/mol. The van der Waals surface area contributed by atoms with Crippen LogP contribution < -0.4 is 4.90 Å². The van der Waals surface area contributed by atoms with E-state index in [0.29, 0.717) is 55.1 Å². The minimum Gasteiger partial charge on any atom is -0.449 e. The Morgan fingerprint density at radius 3 is 2.69 bits per heavy atom. The van der Waals surface area contributed by atoms with Crippen molar-refractivity contribution in [3.63, 3.8) is 0 Å². The lowest BCUT2D eigenvalue weighted by Gasteiger charge is -2.36. The smallest absolute Gasteiger partial charge is 0.341 e. The van der Waals surface area contributed by atoms with E-state index < -0.39 is 5.82 Å². The molecule has 0 N–H and O–H groups in total. The molecule has 2 aliphatic rings. The number of hydrogen-bond donors (Lipinski definition) is 0. The number of piperazine rings is 1. The molecule has 1 atom stereocenters. The van der Waals surface area contributed by atoms with Crippen molar-refractivity contribution in [3.8, 4) is 10.7 Å².